The molecule has 5 heteroatoms. The average Bonchev–Trinajstić information content (AvgIpc) is 2.82. The SMILES string of the molecule is CC(C)OC(=O)c1ccc(NCc2occc2Br)cc1. The second-order valence-electron chi connectivity index (χ2n) is 4.58. The van der Waals surface area contributed by atoms with Crippen LogP contribution in [-0.2, 0) is 11.3 Å². The van der Waals surface area contributed by atoms with Crippen LogP contribution in [0.25, 0.3) is 0 Å². The molecule has 0 unspecified atom stereocenters. The van der Waals surface area contributed by atoms with Gasteiger partial charge in [-0.2, -0.15) is 0 Å². The van der Waals surface area contributed by atoms with Gasteiger partial charge in [0, 0.05) is 5.69 Å². The minimum atomic E-state index is -0.305. The lowest BCUT2D eigenvalue weighted by atomic mass is 10.2. The predicted octanol–water partition coefficient (Wildman–Crippen LogP) is 4.22. The van der Waals surface area contributed by atoms with Gasteiger partial charge in [0.05, 0.1) is 28.9 Å². The normalized spacial score (nSPS) is 10.6. The van der Waals surface area contributed by atoms with Gasteiger partial charge in [0.1, 0.15) is 5.76 Å². The van der Waals surface area contributed by atoms with Crippen LogP contribution in [-0.4, -0.2) is 12.1 Å². The van der Waals surface area contributed by atoms with Gasteiger partial charge in [-0.3, -0.25) is 0 Å². The van der Waals surface area contributed by atoms with E-state index in [9.17, 15) is 4.79 Å². The Morgan fingerprint density at radius 2 is 2.00 bits per heavy atom. The van der Waals surface area contributed by atoms with Crippen LogP contribution in [0.15, 0.2) is 45.5 Å². The molecular formula is C15H16BrNO3. The highest BCUT2D eigenvalue weighted by Gasteiger charge is 2.09. The van der Waals surface area contributed by atoms with E-state index in [4.69, 9.17) is 9.15 Å². The third-order valence-electron chi connectivity index (χ3n) is 2.61. The van der Waals surface area contributed by atoms with Crippen LogP contribution in [0.4, 0.5) is 5.69 Å². The number of carbonyl (C=O) groups is 1. The lowest BCUT2D eigenvalue weighted by molar-refractivity contribution is 0.0378. The molecule has 1 heterocycles. The molecule has 0 radical (unpaired) electrons. The molecule has 0 fully saturated rings. The van der Waals surface area contributed by atoms with Crippen molar-refractivity contribution >= 4 is 27.6 Å². The van der Waals surface area contributed by atoms with Crippen LogP contribution in [0, 0.1) is 0 Å². The topological polar surface area (TPSA) is 51.5 Å². The molecule has 0 aliphatic carbocycles. The van der Waals surface area contributed by atoms with Crippen LogP contribution < -0.4 is 5.32 Å². The fraction of sp³-hybridized carbons (Fsp3) is 0.267. The summed E-state index contributed by atoms with van der Waals surface area (Å²) >= 11 is 3.40. The van der Waals surface area contributed by atoms with E-state index in [0.717, 1.165) is 15.9 Å². The van der Waals surface area contributed by atoms with E-state index in [1.165, 1.54) is 0 Å². The van der Waals surface area contributed by atoms with E-state index >= 15 is 0 Å². The molecular weight excluding hydrogens is 322 g/mol. The molecule has 0 amide bonds. The maximum atomic E-state index is 11.7. The third kappa shape index (κ3) is 3.87. The van der Waals surface area contributed by atoms with Gasteiger partial charge in [0.25, 0.3) is 0 Å². The first kappa shape index (κ1) is 14.7. The molecule has 0 saturated carbocycles. The summed E-state index contributed by atoms with van der Waals surface area (Å²) in [5.41, 5.74) is 1.46. The van der Waals surface area contributed by atoms with E-state index < -0.39 is 0 Å². The van der Waals surface area contributed by atoms with Crippen LogP contribution in [0.1, 0.15) is 30.0 Å². The molecule has 0 aliphatic rings. The fourth-order valence-electron chi connectivity index (χ4n) is 1.64. The van der Waals surface area contributed by atoms with Gasteiger partial charge in [-0.05, 0) is 60.1 Å². The molecule has 2 rings (SSSR count). The second-order valence-corrected chi connectivity index (χ2v) is 5.43. The first-order chi connectivity index (χ1) is 9.56. The number of nitrogens with one attached hydrogen (secondary N) is 1. The molecule has 0 spiro atoms. The van der Waals surface area contributed by atoms with Crippen LogP contribution in [0.5, 0.6) is 0 Å². The zero-order valence-electron chi connectivity index (χ0n) is 11.4. The van der Waals surface area contributed by atoms with Gasteiger partial charge in [0.2, 0.25) is 0 Å². The quantitative estimate of drug-likeness (QED) is 0.830. The van der Waals surface area contributed by atoms with Crippen molar-refractivity contribution in [3.8, 4) is 0 Å². The van der Waals surface area contributed by atoms with Crippen LogP contribution >= 0.6 is 15.9 Å². The summed E-state index contributed by atoms with van der Waals surface area (Å²) in [4.78, 5) is 11.7. The Labute approximate surface area is 126 Å². The number of hydrogen-bond acceptors (Lipinski definition) is 4. The Morgan fingerprint density at radius 1 is 1.30 bits per heavy atom. The van der Waals surface area contributed by atoms with Crippen molar-refractivity contribution < 1.29 is 13.9 Å². The van der Waals surface area contributed by atoms with Crippen LogP contribution in [0.2, 0.25) is 0 Å². The lowest BCUT2D eigenvalue weighted by Gasteiger charge is -2.09. The zero-order chi connectivity index (χ0) is 14.5. The van der Waals surface area contributed by atoms with E-state index in [-0.39, 0.29) is 12.1 Å². The minimum Gasteiger partial charge on any atom is -0.466 e. The smallest absolute Gasteiger partial charge is 0.338 e. The molecule has 0 atom stereocenters. The van der Waals surface area contributed by atoms with Gasteiger partial charge in [-0.15, -0.1) is 0 Å². The summed E-state index contributed by atoms with van der Waals surface area (Å²) in [5, 5.41) is 3.22. The molecule has 4 nitrogen and oxygen atoms in total. The maximum absolute atomic E-state index is 11.7. The molecule has 0 saturated heterocycles. The van der Waals surface area contributed by atoms with Crippen molar-refractivity contribution in [2.24, 2.45) is 0 Å². The minimum absolute atomic E-state index is 0.114. The number of ether oxygens (including phenoxy) is 1. The number of furan rings is 1. The number of esters is 1. The third-order valence-corrected chi connectivity index (χ3v) is 3.31. The Hall–Kier alpha value is -1.75. The summed E-state index contributed by atoms with van der Waals surface area (Å²) in [6.07, 6.45) is 1.52. The van der Waals surface area contributed by atoms with Crippen LogP contribution in [0.3, 0.4) is 0 Å². The molecule has 1 aromatic heterocycles. The zero-order valence-corrected chi connectivity index (χ0v) is 12.9. The van der Waals surface area contributed by atoms with Gasteiger partial charge >= 0.3 is 5.97 Å². The second kappa shape index (κ2) is 6.61. The molecule has 1 aromatic carbocycles. The van der Waals surface area contributed by atoms with Gasteiger partial charge in [0.15, 0.2) is 0 Å². The number of halogens is 1. The van der Waals surface area contributed by atoms with E-state index in [0.29, 0.717) is 12.1 Å². The molecule has 20 heavy (non-hydrogen) atoms. The van der Waals surface area contributed by atoms with E-state index in [2.05, 4.69) is 21.2 Å². The van der Waals surface area contributed by atoms with Crippen molar-refractivity contribution in [1.82, 2.24) is 0 Å². The molecule has 1 N–H and O–H groups in total. The highest BCUT2D eigenvalue weighted by Crippen LogP contribution is 2.19. The van der Waals surface area contributed by atoms with Gasteiger partial charge < -0.3 is 14.5 Å². The average molecular weight is 338 g/mol. The fourth-order valence-corrected chi connectivity index (χ4v) is 1.98. The van der Waals surface area contributed by atoms with E-state index in [1.807, 2.05) is 32.0 Å². The summed E-state index contributed by atoms with van der Waals surface area (Å²) in [5.74, 6) is 0.522. The number of rotatable bonds is 5. The summed E-state index contributed by atoms with van der Waals surface area (Å²) < 4.78 is 11.4. The Bertz CT molecular complexity index is 575. The number of anilines is 1. The highest BCUT2D eigenvalue weighted by molar-refractivity contribution is 9.10. The number of benzene rings is 1. The summed E-state index contributed by atoms with van der Waals surface area (Å²) in [7, 11) is 0. The Balaban J connectivity index is 1.95. The lowest BCUT2D eigenvalue weighted by Crippen LogP contribution is -2.11. The van der Waals surface area contributed by atoms with E-state index in [1.54, 1.807) is 18.4 Å². The summed E-state index contributed by atoms with van der Waals surface area (Å²) in [6, 6.07) is 9.01. The molecule has 106 valence electrons. The largest absolute Gasteiger partial charge is 0.466 e. The molecule has 0 aliphatic heterocycles. The standard InChI is InChI=1S/C15H16BrNO3/c1-10(2)20-15(18)11-3-5-12(6-4-11)17-9-14-13(16)7-8-19-14/h3-8,10,17H,9H2,1-2H3. The highest BCUT2D eigenvalue weighted by atomic mass is 79.9. The number of hydrogen-bond donors (Lipinski definition) is 1. The Morgan fingerprint density at radius 3 is 2.55 bits per heavy atom. The molecule has 2 aromatic rings. The van der Waals surface area contributed by atoms with Gasteiger partial charge in [-0.25, -0.2) is 4.79 Å². The monoisotopic (exact) mass is 337 g/mol. The Kier molecular flexibility index (Phi) is 4.84. The van der Waals surface area contributed by atoms with Crippen molar-refractivity contribution in [2.75, 3.05) is 5.32 Å². The number of carbonyl (C=O) groups excluding carboxylic acids is 1. The van der Waals surface area contributed by atoms with Crippen molar-refractivity contribution in [1.29, 1.82) is 0 Å². The van der Waals surface area contributed by atoms with Crippen molar-refractivity contribution in [3.63, 3.8) is 0 Å². The van der Waals surface area contributed by atoms with Crippen molar-refractivity contribution in [3.05, 3.63) is 52.4 Å². The maximum Gasteiger partial charge on any atom is 0.338 e. The summed E-state index contributed by atoms with van der Waals surface area (Å²) in [6.45, 7) is 4.23. The first-order valence-corrected chi connectivity index (χ1v) is 7.12. The first-order valence-electron chi connectivity index (χ1n) is 6.33. The predicted molar refractivity (Wildman–Crippen MR) is 80.7 cm³/mol. The van der Waals surface area contributed by atoms with Crippen molar-refractivity contribution in [2.45, 2.75) is 26.5 Å². The van der Waals surface area contributed by atoms with Gasteiger partial charge in [-0.1, -0.05) is 0 Å². The molecule has 0 bridgehead atoms.